The standard InChI is InChI=1S/C8H7N3/c1-2-6-8(9-4-1)11-5-3-7(11)10-6/h1-2,4H,3,5H2/i1D. The van der Waals surface area contributed by atoms with E-state index in [1.807, 2.05) is 0 Å². The molecule has 54 valence electrons. The van der Waals surface area contributed by atoms with Gasteiger partial charge >= 0.3 is 0 Å². The molecule has 2 aromatic rings. The van der Waals surface area contributed by atoms with Gasteiger partial charge < -0.3 is 4.57 Å². The highest BCUT2D eigenvalue weighted by atomic mass is 15.2. The molecule has 11 heavy (non-hydrogen) atoms. The number of nitrogens with zero attached hydrogens (tertiary/aromatic N) is 3. The number of fused-ring (bicyclic) bond motifs is 3. The van der Waals surface area contributed by atoms with Crippen LogP contribution in [0.4, 0.5) is 0 Å². The fraction of sp³-hybridized carbons (Fsp3) is 0.250. The van der Waals surface area contributed by atoms with Gasteiger partial charge in [0.05, 0.1) is 1.37 Å². The van der Waals surface area contributed by atoms with Crippen LogP contribution in [0.1, 0.15) is 7.20 Å². The molecule has 3 heterocycles. The third kappa shape index (κ3) is 0.533. The molecule has 0 saturated carbocycles. The van der Waals surface area contributed by atoms with Gasteiger partial charge in [0.2, 0.25) is 0 Å². The van der Waals surface area contributed by atoms with Gasteiger partial charge in [0.1, 0.15) is 11.3 Å². The number of aromatic nitrogens is 3. The maximum absolute atomic E-state index is 7.37. The smallest absolute Gasteiger partial charge is 0.159 e. The summed E-state index contributed by atoms with van der Waals surface area (Å²) in [4.78, 5) is 8.51. The minimum Gasteiger partial charge on any atom is -0.312 e. The van der Waals surface area contributed by atoms with Crippen LogP contribution in [0.3, 0.4) is 0 Å². The molecule has 1 aliphatic heterocycles. The summed E-state index contributed by atoms with van der Waals surface area (Å²) in [5.74, 6) is 1.10. The maximum atomic E-state index is 7.37. The third-order valence-electron chi connectivity index (χ3n) is 2.09. The zero-order chi connectivity index (χ0) is 8.13. The van der Waals surface area contributed by atoms with Crippen LogP contribution in [0.25, 0.3) is 11.2 Å². The number of hydrogen-bond acceptors (Lipinski definition) is 2. The molecule has 3 heteroatoms. The van der Waals surface area contributed by atoms with E-state index >= 15 is 0 Å². The average Bonchev–Trinajstić information content (AvgIpc) is 2.24. The summed E-state index contributed by atoms with van der Waals surface area (Å²) in [5, 5.41) is 0. The summed E-state index contributed by atoms with van der Waals surface area (Å²) in [6.07, 6.45) is 2.61. The van der Waals surface area contributed by atoms with Crippen molar-refractivity contribution in [1.82, 2.24) is 14.5 Å². The second-order valence-electron chi connectivity index (χ2n) is 2.71. The molecule has 1 aliphatic rings. The van der Waals surface area contributed by atoms with E-state index in [0.29, 0.717) is 6.04 Å². The van der Waals surface area contributed by atoms with Gasteiger partial charge in [-0.15, -0.1) is 0 Å². The van der Waals surface area contributed by atoms with Gasteiger partial charge in [-0.3, -0.25) is 0 Å². The van der Waals surface area contributed by atoms with Crippen LogP contribution >= 0.6 is 0 Å². The third-order valence-corrected chi connectivity index (χ3v) is 2.09. The summed E-state index contributed by atoms with van der Waals surface area (Å²) in [6.45, 7) is 1.02. The number of aryl methyl sites for hydroxylation is 2. The van der Waals surface area contributed by atoms with Gasteiger partial charge in [-0.25, -0.2) is 9.97 Å². The average molecular weight is 146 g/mol. The van der Waals surface area contributed by atoms with E-state index in [2.05, 4.69) is 14.5 Å². The molecule has 0 atom stereocenters. The van der Waals surface area contributed by atoms with Crippen molar-refractivity contribution >= 4 is 11.2 Å². The maximum Gasteiger partial charge on any atom is 0.159 e. The Labute approximate surface area is 65.1 Å². The van der Waals surface area contributed by atoms with Crippen LogP contribution in [0.15, 0.2) is 18.3 Å². The van der Waals surface area contributed by atoms with Crippen molar-refractivity contribution < 1.29 is 1.37 Å². The van der Waals surface area contributed by atoms with E-state index < -0.39 is 0 Å². The summed E-state index contributed by atoms with van der Waals surface area (Å²) in [6, 6.07) is 2.19. The van der Waals surface area contributed by atoms with E-state index in [4.69, 9.17) is 1.37 Å². The van der Waals surface area contributed by atoms with Gasteiger partial charge in [0.25, 0.3) is 0 Å². The molecule has 0 radical (unpaired) electrons. The largest absolute Gasteiger partial charge is 0.312 e. The Balaban J connectivity index is 2.45. The van der Waals surface area contributed by atoms with E-state index in [1.54, 1.807) is 12.3 Å². The quantitative estimate of drug-likeness (QED) is 0.554. The Kier molecular flexibility index (Phi) is 0.658. The Bertz CT molecular complexity index is 461. The van der Waals surface area contributed by atoms with E-state index in [1.165, 1.54) is 0 Å². The lowest BCUT2D eigenvalue weighted by molar-refractivity contribution is 0.550. The molecule has 0 amide bonds. The summed E-state index contributed by atoms with van der Waals surface area (Å²) >= 11 is 0. The Morgan fingerprint density at radius 3 is 3.45 bits per heavy atom. The van der Waals surface area contributed by atoms with Crippen molar-refractivity contribution in [3.63, 3.8) is 0 Å². The first kappa shape index (κ1) is 4.49. The summed E-state index contributed by atoms with van der Waals surface area (Å²) in [5.41, 5.74) is 1.78. The molecule has 0 unspecified atom stereocenters. The lowest BCUT2D eigenvalue weighted by Gasteiger charge is -2.14. The monoisotopic (exact) mass is 146 g/mol. The number of rotatable bonds is 0. The van der Waals surface area contributed by atoms with Gasteiger partial charge in [-0.05, 0) is 12.1 Å². The second-order valence-corrected chi connectivity index (χ2v) is 2.71. The van der Waals surface area contributed by atoms with Crippen LogP contribution in [-0.4, -0.2) is 14.5 Å². The Hall–Kier alpha value is -1.38. The lowest BCUT2D eigenvalue weighted by Crippen LogP contribution is -2.17. The topological polar surface area (TPSA) is 30.7 Å². The fourth-order valence-corrected chi connectivity index (χ4v) is 1.44. The van der Waals surface area contributed by atoms with Crippen LogP contribution in [0, 0.1) is 0 Å². The predicted molar refractivity (Wildman–Crippen MR) is 41.2 cm³/mol. The molecule has 3 nitrogen and oxygen atoms in total. The number of pyridine rings is 1. The van der Waals surface area contributed by atoms with Gasteiger partial charge in [-0.2, -0.15) is 0 Å². The van der Waals surface area contributed by atoms with Crippen LogP contribution < -0.4 is 0 Å². The SMILES string of the molecule is [2H]c1cnc2c(c1)nc1n2CC1. The van der Waals surface area contributed by atoms with Crippen LogP contribution in [-0.2, 0) is 13.0 Å². The van der Waals surface area contributed by atoms with Crippen molar-refractivity contribution in [2.75, 3.05) is 0 Å². The van der Waals surface area contributed by atoms with Crippen molar-refractivity contribution in [3.8, 4) is 0 Å². The Morgan fingerprint density at radius 2 is 2.64 bits per heavy atom. The molecular weight excluding hydrogens is 138 g/mol. The molecule has 0 saturated heterocycles. The molecular formula is C8H7N3. The molecule has 0 fully saturated rings. The van der Waals surface area contributed by atoms with Crippen LogP contribution in [0.2, 0.25) is 0 Å². The molecule has 0 aromatic carbocycles. The molecule has 3 rings (SSSR count). The minimum absolute atomic E-state index is 0.431. The first-order valence-electron chi connectivity index (χ1n) is 4.16. The zero-order valence-electron chi connectivity index (χ0n) is 6.91. The molecule has 0 N–H and O–H groups in total. The highest BCUT2D eigenvalue weighted by Gasteiger charge is 2.17. The predicted octanol–water partition coefficient (Wildman–Crippen LogP) is 0.987. The van der Waals surface area contributed by atoms with Crippen molar-refractivity contribution in [1.29, 1.82) is 0 Å². The highest BCUT2D eigenvalue weighted by Crippen LogP contribution is 2.20. The van der Waals surface area contributed by atoms with Gasteiger partial charge in [0.15, 0.2) is 5.65 Å². The fourth-order valence-electron chi connectivity index (χ4n) is 1.44. The number of imidazole rings is 1. The van der Waals surface area contributed by atoms with Crippen LogP contribution in [0.5, 0.6) is 0 Å². The summed E-state index contributed by atoms with van der Waals surface area (Å²) in [7, 11) is 0. The van der Waals surface area contributed by atoms with E-state index in [9.17, 15) is 0 Å². The van der Waals surface area contributed by atoms with Crippen molar-refractivity contribution in [2.24, 2.45) is 0 Å². The normalized spacial score (nSPS) is 15.8. The van der Waals surface area contributed by atoms with Crippen molar-refractivity contribution in [3.05, 3.63) is 24.1 Å². The Morgan fingerprint density at radius 1 is 1.64 bits per heavy atom. The highest BCUT2D eigenvalue weighted by molar-refractivity contribution is 5.71. The minimum atomic E-state index is 0.431. The van der Waals surface area contributed by atoms with Gasteiger partial charge in [0, 0.05) is 19.2 Å². The van der Waals surface area contributed by atoms with Gasteiger partial charge in [-0.1, -0.05) is 0 Å². The zero-order valence-corrected chi connectivity index (χ0v) is 5.91. The first-order valence-corrected chi connectivity index (χ1v) is 3.66. The molecule has 2 aromatic heterocycles. The van der Waals surface area contributed by atoms with E-state index in [0.717, 1.165) is 30.0 Å². The second kappa shape index (κ2) is 1.61. The first-order chi connectivity index (χ1) is 5.84. The molecule has 0 bridgehead atoms. The van der Waals surface area contributed by atoms with E-state index in [-0.39, 0.29) is 0 Å². The van der Waals surface area contributed by atoms with Crippen molar-refractivity contribution in [2.45, 2.75) is 13.0 Å². The molecule has 0 aliphatic carbocycles. The molecule has 0 spiro atoms. The summed E-state index contributed by atoms with van der Waals surface area (Å²) < 4.78 is 9.46. The lowest BCUT2D eigenvalue weighted by atomic mass is 10.3. The number of hydrogen-bond donors (Lipinski definition) is 0.